The second-order valence-electron chi connectivity index (χ2n) is 4.15. The number of hydrogen-bond donors (Lipinski definition) is 1. The lowest BCUT2D eigenvalue weighted by Gasteiger charge is -2.16. The molecule has 1 heterocycles. The van der Waals surface area contributed by atoms with Crippen LogP contribution in [0.3, 0.4) is 0 Å². The first-order valence-electron chi connectivity index (χ1n) is 5.52. The van der Waals surface area contributed by atoms with Crippen LogP contribution in [0.5, 0.6) is 0 Å². The van der Waals surface area contributed by atoms with Crippen LogP contribution in [-0.4, -0.2) is 16.0 Å². The standard InChI is InChI=1S/C11H16ClN3/c1-2-10(5-8-3-4-8)15-11-13-6-9(12)7-14-11/h6-8,10H,2-5H2,1H3,(H,13,14,15). The van der Waals surface area contributed by atoms with Crippen molar-refractivity contribution >= 4 is 17.5 Å². The average molecular weight is 226 g/mol. The summed E-state index contributed by atoms with van der Waals surface area (Å²) in [7, 11) is 0. The quantitative estimate of drug-likeness (QED) is 0.837. The van der Waals surface area contributed by atoms with Gasteiger partial charge in [-0.2, -0.15) is 0 Å². The molecule has 4 heteroatoms. The number of nitrogens with zero attached hydrogens (tertiary/aromatic N) is 2. The fraction of sp³-hybridized carbons (Fsp3) is 0.636. The van der Waals surface area contributed by atoms with E-state index in [0.29, 0.717) is 17.0 Å². The van der Waals surface area contributed by atoms with Crippen LogP contribution >= 0.6 is 11.6 Å². The van der Waals surface area contributed by atoms with Crippen molar-refractivity contribution in [2.75, 3.05) is 5.32 Å². The van der Waals surface area contributed by atoms with Crippen LogP contribution in [0.15, 0.2) is 12.4 Å². The Morgan fingerprint density at radius 2 is 2.13 bits per heavy atom. The molecule has 0 aromatic carbocycles. The van der Waals surface area contributed by atoms with Crippen LogP contribution in [0, 0.1) is 5.92 Å². The number of nitrogens with one attached hydrogen (secondary N) is 1. The minimum atomic E-state index is 0.499. The molecule has 1 N–H and O–H groups in total. The number of aromatic nitrogens is 2. The zero-order valence-electron chi connectivity index (χ0n) is 8.91. The van der Waals surface area contributed by atoms with Crippen molar-refractivity contribution in [3.05, 3.63) is 17.4 Å². The van der Waals surface area contributed by atoms with Gasteiger partial charge in [0, 0.05) is 6.04 Å². The summed E-state index contributed by atoms with van der Waals surface area (Å²) in [6, 6.07) is 0.499. The molecule has 0 bridgehead atoms. The molecule has 1 atom stereocenters. The van der Waals surface area contributed by atoms with Gasteiger partial charge in [0.1, 0.15) is 0 Å². The van der Waals surface area contributed by atoms with Crippen molar-refractivity contribution < 1.29 is 0 Å². The van der Waals surface area contributed by atoms with Crippen molar-refractivity contribution in [3.63, 3.8) is 0 Å². The van der Waals surface area contributed by atoms with Gasteiger partial charge in [-0.3, -0.25) is 0 Å². The molecule has 3 nitrogen and oxygen atoms in total. The largest absolute Gasteiger partial charge is 0.351 e. The molecule has 1 unspecified atom stereocenters. The van der Waals surface area contributed by atoms with Crippen LogP contribution in [0.1, 0.15) is 32.6 Å². The van der Waals surface area contributed by atoms with E-state index in [0.717, 1.165) is 12.3 Å². The molecule has 0 saturated heterocycles. The van der Waals surface area contributed by atoms with E-state index < -0.39 is 0 Å². The van der Waals surface area contributed by atoms with Gasteiger partial charge in [-0.25, -0.2) is 9.97 Å². The summed E-state index contributed by atoms with van der Waals surface area (Å²) in [5.74, 6) is 1.61. The van der Waals surface area contributed by atoms with Crippen molar-refractivity contribution in [1.82, 2.24) is 9.97 Å². The van der Waals surface area contributed by atoms with Crippen molar-refractivity contribution in [1.29, 1.82) is 0 Å². The molecule has 0 amide bonds. The normalized spacial score (nSPS) is 17.5. The van der Waals surface area contributed by atoms with E-state index in [1.165, 1.54) is 19.3 Å². The summed E-state index contributed by atoms with van der Waals surface area (Å²) in [6.07, 6.45) is 8.38. The molecular formula is C11H16ClN3. The van der Waals surface area contributed by atoms with Crippen molar-refractivity contribution in [2.24, 2.45) is 5.92 Å². The fourth-order valence-corrected chi connectivity index (χ4v) is 1.75. The first kappa shape index (κ1) is 10.7. The molecule has 0 aliphatic heterocycles. The second-order valence-corrected chi connectivity index (χ2v) is 4.59. The minimum Gasteiger partial charge on any atom is -0.351 e. The maximum absolute atomic E-state index is 5.72. The summed E-state index contributed by atoms with van der Waals surface area (Å²) in [6.45, 7) is 2.19. The highest BCUT2D eigenvalue weighted by Crippen LogP contribution is 2.34. The van der Waals surface area contributed by atoms with Crippen LogP contribution in [0.2, 0.25) is 5.02 Å². The van der Waals surface area contributed by atoms with Gasteiger partial charge in [0.2, 0.25) is 5.95 Å². The Bertz CT molecular complexity index is 308. The number of hydrogen-bond acceptors (Lipinski definition) is 3. The van der Waals surface area contributed by atoms with Crippen LogP contribution in [0.25, 0.3) is 0 Å². The third-order valence-corrected chi connectivity index (χ3v) is 2.96. The molecule has 0 radical (unpaired) electrons. The topological polar surface area (TPSA) is 37.8 Å². The predicted octanol–water partition coefficient (Wildman–Crippen LogP) is 3.12. The summed E-state index contributed by atoms with van der Waals surface area (Å²) in [5, 5.41) is 3.93. The van der Waals surface area contributed by atoms with Gasteiger partial charge >= 0.3 is 0 Å². The van der Waals surface area contributed by atoms with Gasteiger partial charge in [-0.1, -0.05) is 31.4 Å². The van der Waals surface area contributed by atoms with E-state index >= 15 is 0 Å². The molecular weight excluding hydrogens is 210 g/mol. The maximum Gasteiger partial charge on any atom is 0.222 e. The zero-order chi connectivity index (χ0) is 10.7. The van der Waals surface area contributed by atoms with E-state index in [1.54, 1.807) is 12.4 Å². The first-order valence-corrected chi connectivity index (χ1v) is 5.89. The Labute approximate surface area is 95.3 Å². The monoisotopic (exact) mass is 225 g/mol. The summed E-state index contributed by atoms with van der Waals surface area (Å²) >= 11 is 5.72. The Morgan fingerprint density at radius 1 is 1.47 bits per heavy atom. The van der Waals surface area contributed by atoms with Gasteiger partial charge in [-0.15, -0.1) is 0 Å². The third kappa shape index (κ3) is 3.34. The lowest BCUT2D eigenvalue weighted by molar-refractivity contribution is 0.583. The lowest BCUT2D eigenvalue weighted by atomic mass is 10.1. The van der Waals surface area contributed by atoms with Gasteiger partial charge in [0.15, 0.2) is 0 Å². The molecule has 15 heavy (non-hydrogen) atoms. The van der Waals surface area contributed by atoms with Crippen molar-refractivity contribution in [3.8, 4) is 0 Å². The molecule has 82 valence electrons. The molecule has 1 aliphatic carbocycles. The fourth-order valence-electron chi connectivity index (χ4n) is 1.65. The molecule has 1 fully saturated rings. The minimum absolute atomic E-state index is 0.499. The predicted molar refractivity (Wildman–Crippen MR) is 62.1 cm³/mol. The number of rotatable bonds is 5. The summed E-state index contributed by atoms with van der Waals surface area (Å²) in [4.78, 5) is 8.28. The molecule has 0 spiro atoms. The average Bonchev–Trinajstić information content (AvgIpc) is 3.04. The van der Waals surface area contributed by atoms with E-state index in [1.807, 2.05) is 0 Å². The molecule has 1 saturated carbocycles. The SMILES string of the molecule is CCC(CC1CC1)Nc1ncc(Cl)cn1. The van der Waals surface area contributed by atoms with Gasteiger partial charge < -0.3 is 5.32 Å². The summed E-state index contributed by atoms with van der Waals surface area (Å²) < 4.78 is 0. The zero-order valence-corrected chi connectivity index (χ0v) is 9.67. The van der Waals surface area contributed by atoms with Gasteiger partial charge in [0.25, 0.3) is 0 Å². The third-order valence-electron chi connectivity index (χ3n) is 2.76. The summed E-state index contributed by atoms with van der Waals surface area (Å²) in [5.41, 5.74) is 0. The Balaban J connectivity index is 1.89. The molecule has 1 aromatic rings. The van der Waals surface area contributed by atoms with Gasteiger partial charge in [0.05, 0.1) is 17.4 Å². The van der Waals surface area contributed by atoms with E-state index in [2.05, 4.69) is 22.2 Å². The molecule has 1 aromatic heterocycles. The molecule has 2 rings (SSSR count). The first-order chi connectivity index (χ1) is 7.28. The maximum atomic E-state index is 5.72. The highest BCUT2D eigenvalue weighted by Gasteiger charge is 2.24. The highest BCUT2D eigenvalue weighted by molar-refractivity contribution is 6.30. The van der Waals surface area contributed by atoms with E-state index in [-0.39, 0.29) is 0 Å². The Hall–Kier alpha value is -0.830. The number of anilines is 1. The van der Waals surface area contributed by atoms with E-state index in [4.69, 9.17) is 11.6 Å². The lowest BCUT2D eigenvalue weighted by Crippen LogP contribution is -2.20. The van der Waals surface area contributed by atoms with Crippen LogP contribution < -0.4 is 5.32 Å². The van der Waals surface area contributed by atoms with E-state index in [9.17, 15) is 0 Å². The van der Waals surface area contributed by atoms with Crippen molar-refractivity contribution in [2.45, 2.75) is 38.6 Å². The Morgan fingerprint density at radius 3 is 2.67 bits per heavy atom. The highest BCUT2D eigenvalue weighted by atomic mass is 35.5. The second kappa shape index (κ2) is 4.79. The van der Waals surface area contributed by atoms with Crippen LogP contribution in [0.4, 0.5) is 5.95 Å². The van der Waals surface area contributed by atoms with Crippen LogP contribution in [-0.2, 0) is 0 Å². The molecule has 1 aliphatic rings. The number of halogens is 1. The Kier molecular flexibility index (Phi) is 3.41. The van der Waals surface area contributed by atoms with Gasteiger partial charge in [-0.05, 0) is 18.8 Å². The smallest absolute Gasteiger partial charge is 0.222 e.